The van der Waals surface area contributed by atoms with Gasteiger partial charge in [0, 0.05) is 22.8 Å². The third-order valence-corrected chi connectivity index (χ3v) is 3.38. The van der Waals surface area contributed by atoms with Crippen molar-refractivity contribution in [2.45, 2.75) is 6.54 Å². The molecule has 0 bridgehead atoms. The largest absolute Gasteiger partial charge is 0.472 e. The lowest BCUT2D eigenvalue weighted by Gasteiger charge is -2.07. The Morgan fingerprint density at radius 1 is 1.39 bits per heavy atom. The van der Waals surface area contributed by atoms with Crippen LogP contribution in [0.5, 0.6) is 0 Å². The molecule has 0 aliphatic rings. The number of nitrogens with zero attached hydrogens (tertiary/aromatic N) is 1. The number of rotatable bonds is 6. The van der Waals surface area contributed by atoms with Crippen molar-refractivity contribution in [1.29, 1.82) is 0 Å². The van der Waals surface area contributed by atoms with Crippen LogP contribution in [0, 0.1) is 0 Å². The van der Waals surface area contributed by atoms with Gasteiger partial charge in [-0.05, 0) is 24.3 Å². The molecule has 0 unspecified atom stereocenters. The third-order valence-electron chi connectivity index (χ3n) is 3.15. The van der Waals surface area contributed by atoms with E-state index in [1.54, 1.807) is 30.7 Å². The van der Waals surface area contributed by atoms with E-state index in [1.165, 1.54) is 0 Å². The van der Waals surface area contributed by atoms with Gasteiger partial charge in [0.25, 0.3) is 5.91 Å². The lowest BCUT2D eigenvalue weighted by atomic mass is 10.2. The molecule has 118 valence electrons. The molecule has 2 aromatic heterocycles. The molecule has 0 saturated carbocycles. The van der Waals surface area contributed by atoms with Crippen LogP contribution in [-0.2, 0) is 6.54 Å². The van der Waals surface area contributed by atoms with Crippen molar-refractivity contribution in [3.63, 3.8) is 0 Å². The molecule has 3 aromatic rings. The Morgan fingerprint density at radius 3 is 2.96 bits per heavy atom. The standard InChI is InChI=1S/C15H14ClN5O2/c16-10-2-1-3-11(6-10)19-15-12(13(17)22)14(20-21-15)18-7-9-4-5-23-8-9/h1-6,8H,7H2,(H2,17,22)(H3,18,19,20,21). The SMILES string of the molecule is NC(=O)c1c(NCc2ccoc2)n[nH]c1Nc1cccc(Cl)c1. The first kappa shape index (κ1) is 15.0. The average molecular weight is 332 g/mol. The highest BCUT2D eigenvalue weighted by Gasteiger charge is 2.18. The summed E-state index contributed by atoms with van der Waals surface area (Å²) in [5.74, 6) is 0.163. The second-order valence-electron chi connectivity index (χ2n) is 4.81. The molecule has 23 heavy (non-hydrogen) atoms. The minimum absolute atomic E-state index is 0.244. The highest BCUT2D eigenvalue weighted by Crippen LogP contribution is 2.26. The van der Waals surface area contributed by atoms with Crippen molar-refractivity contribution in [3.8, 4) is 0 Å². The number of primary amides is 1. The van der Waals surface area contributed by atoms with Crippen LogP contribution >= 0.6 is 11.6 Å². The molecule has 0 fully saturated rings. The van der Waals surface area contributed by atoms with Crippen LogP contribution in [0.3, 0.4) is 0 Å². The summed E-state index contributed by atoms with van der Waals surface area (Å²) < 4.78 is 4.99. The maximum absolute atomic E-state index is 11.8. The molecule has 7 nitrogen and oxygen atoms in total. The summed E-state index contributed by atoms with van der Waals surface area (Å²) in [7, 11) is 0. The van der Waals surface area contributed by atoms with Gasteiger partial charge < -0.3 is 20.8 Å². The first-order valence-electron chi connectivity index (χ1n) is 6.79. The maximum Gasteiger partial charge on any atom is 0.256 e. The number of aromatic nitrogens is 2. The number of nitrogens with one attached hydrogen (secondary N) is 3. The fraction of sp³-hybridized carbons (Fsp3) is 0.0667. The number of furan rings is 1. The zero-order valence-corrected chi connectivity index (χ0v) is 12.7. The molecule has 1 amide bonds. The molecule has 0 saturated heterocycles. The Bertz CT molecular complexity index is 813. The first-order chi connectivity index (χ1) is 11.1. The number of halogens is 1. The molecule has 0 radical (unpaired) electrons. The normalized spacial score (nSPS) is 10.5. The number of anilines is 3. The van der Waals surface area contributed by atoms with Crippen LogP contribution in [0.4, 0.5) is 17.3 Å². The summed E-state index contributed by atoms with van der Waals surface area (Å²) in [6.45, 7) is 0.457. The van der Waals surface area contributed by atoms with Gasteiger partial charge in [0.2, 0.25) is 0 Å². The van der Waals surface area contributed by atoms with Crippen LogP contribution in [0.15, 0.2) is 47.3 Å². The number of carbonyl (C=O) groups excluding carboxylic acids is 1. The Kier molecular flexibility index (Phi) is 4.20. The van der Waals surface area contributed by atoms with Crippen molar-refractivity contribution in [3.05, 3.63) is 59.0 Å². The molecule has 1 aromatic carbocycles. The number of amides is 1. The Morgan fingerprint density at radius 2 is 2.26 bits per heavy atom. The minimum atomic E-state index is -0.599. The smallest absolute Gasteiger partial charge is 0.256 e. The van der Waals surface area contributed by atoms with Crippen molar-refractivity contribution in [2.24, 2.45) is 5.73 Å². The summed E-state index contributed by atoms with van der Waals surface area (Å²) in [5.41, 5.74) is 7.35. The molecule has 2 heterocycles. The second-order valence-corrected chi connectivity index (χ2v) is 5.24. The van der Waals surface area contributed by atoms with E-state index in [2.05, 4.69) is 20.8 Å². The van der Waals surface area contributed by atoms with E-state index in [1.807, 2.05) is 12.1 Å². The third kappa shape index (κ3) is 3.46. The molecule has 0 aliphatic heterocycles. The van der Waals surface area contributed by atoms with Crippen LogP contribution in [0.25, 0.3) is 0 Å². The van der Waals surface area contributed by atoms with Crippen molar-refractivity contribution < 1.29 is 9.21 Å². The molecular weight excluding hydrogens is 318 g/mol. The summed E-state index contributed by atoms with van der Waals surface area (Å²) in [6, 6.07) is 8.91. The predicted octanol–water partition coefficient (Wildman–Crippen LogP) is 3.11. The van der Waals surface area contributed by atoms with Crippen molar-refractivity contribution in [1.82, 2.24) is 10.2 Å². The summed E-state index contributed by atoms with van der Waals surface area (Å²) in [6.07, 6.45) is 3.18. The number of carbonyl (C=O) groups is 1. The van der Waals surface area contributed by atoms with Crippen LogP contribution in [0.2, 0.25) is 5.02 Å². The lowest BCUT2D eigenvalue weighted by molar-refractivity contribution is 0.100. The zero-order chi connectivity index (χ0) is 16.2. The van der Waals surface area contributed by atoms with Gasteiger partial charge in [-0.25, -0.2) is 0 Å². The Hall–Kier alpha value is -2.93. The van der Waals surface area contributed by atoms with Crippen molar-refractivity contribution >= 4 is 34.8 Å². The van der Waals surface area contributed by atoms with E-state index in [-0.39, 0.29) is 5.56 Å². The van der Waals surface area contributed by atoms with E-state index < -0.39 is 5.91 Å². The van der Waals surface area contributed by atoms with Gasteiger partial charge in [-0.2, -0.15) is 5.10 Å². The summed E-state index contributed by atoms with van der Waals surface area (Å²) in [4.78, 5) is 11.8. The number of aromatic amines is 1. The molecule has 5 N–H and O–H groups in total. The van der Waals surface area contributed by atoms with E-state index >= 15 is 0 Å². The van der Waals surface area contributed by atoms with Crippen molar-refractivity contribution in [2.75, 3.05) is 10.6 Å². The van der Waals surface area contributed by atoms with Gasteiger partial charge in [-0.3, -0.25) is 9.89 Å². The number of benzene rings is 1. The van der Waals surface area contributed by atoms with Gasteiger partial charge in [-0.15, -0.1) is 0 Å². The van der Waals surface area contributed by atoms with E-state index in [0.717, 1.165) is 5.56 Å². The fourth-order valence-corrected chi connectivity index (χ4v) is 2.28. The predicted molar refractivity (Wildman–Crippen MR) is 87.9 cm³/mol. The van der Waals surface area contributed by atoms with E-state index in [4.69, 9.17) is 21.8 Å². The van der Waals surface area contributed by atoms with E-state index in [9.17, 15) is 4.79 Å². The fourth-order valence-electron chi connectivity index (χ4n) is 2.09. The monoisotopic (exact) mass is 331 g/mol. The Labute approximate surface area is 136 Å². The highest BCUT2D eigenvalue weighted by atomic mass is 35.5. The molecule has 3 rings (SSSR count). The zero-order valence-electron chi connectivity index (χ0n) is 12.0. The van der Waals surface area contributed by atoms with Gasteiger partial charge in [-0.1, -0.05) is 17.7 Å². The topological polar surface area (TPSA) is 109 Å². The number of hydrogen-bond donors (Lipinski definition) is 4. The average Bonchev–Trinajstić information content (AvgIpc) is 3.14. The number of nitrogens with two attached hydrogens (primary N) is 1. The maximum atomic E-state index is 11.8. The van der Waals surface area contributed by atoms with Crippen LogP contribution in [-0.4, -0.2) is 16.1 Å². The van der Waals surface area contributed by atoms with Gasteiger partial charge in [0.05, 0.1) is 12.5 Å². The first-order valence-corrected chi connectivity index (χ1v) is 7.17. The van der Waals surface area contributed by atoms with Gasteiger partial charge in [0.1, 0.15) is 11.4 Å². The molecule has 0 spiro atoms. The second kappa shape index (κ2) is 6.45. The van der Waals surface area contributed by atoms with Gasteiger partial charge >= 0.3 is 0 Å². The Balaban J connectivity index is 1.82. The van der Waals surface area contributed by atoms with E-state index in [0.29, 0.717) is 28.9 Å². The molecule has 0 aliphatic carbocycles. The molecule has 0 atom stereocenters. The molecular formula is C15H14ClN5O2. The highest BCUT2D eigenvalue weighted by molar-refractivity contribution is 6.30. The lowest BCUT2D eigenvalue weighted by Crippen LogP contribution is -2.15. The summed E-state index contributed by atoms with van der Waals surface area (Å²) >= 11 is 5.95. The minimum Gasteiger partial charge on any atom is -0.472 e. The number of H-pyrrole nitrogens is 1. The summed E-state index contributed by atoms with van der Waals surface area (Å²) in [5, 5.41) is 13.5. The van der Waals surface area contributed by atoms with Gasteiger partial charge in [0.15, 0.2) is 5.82 Å². The van der Waals surface area contributed by atoms with Crippen LogP contribution < -0.4 is 16.4 Å². The number of hydrogen-bond acceptors (Lipinski definition) is 5. The molecule has 8 heteroatoms. The van der Waals surface area contributed by atoms with Crippen LogP contribution in [0.1, 0.15) is 15.9 Å². The quantitative estimate of drug-likeness (QED) is 0.555.